The normalized spacial score (nSPS) is 16.8. The van der Waals surface area contributed by atoms with Crippen LogP contribution in [0.5, 0.6) is 0 Å². The highest BCUT2D eigenvalue weighted by Crippen LogP contribution is 2.65. The van der Waals surface area contributed by atoms with Gasteiger partial charge >= 0.3 is 23.9 Å². The third kappa shape index (κ3) is 3.31. The van der Waals surface area contributed by atoms with Crippen molar-refractivity contribution in [3.63, 3.8) is 0 Å². The molecule has 1 rings (SSSR count). The summed E-state index contributed by atoms with van der Waals surface area (Å²) in [5.74, 6) is -7.29. The molecule has 0 aliphatic heterocycles. The minimum atomic E-state index is -7.34. The lowest BCUT2D eigenvalue weighted by Crippen LogP contribution is -2.60. The van der Waals surface area contributed by atoms with E-state index in [0.29, 0.717) is 0 Å². The summed E-state index contributed by atoms with van der Waals surface area (Å²) in [4.78, 5) is 0. The first kappa shape index (κ1) is 23.7. The zero-order valence-electron chi connectivity index (χ0n) is 13.7. The fourth-order valence-electron chi connectivity index (χ4n) is 2.61. The second-order valence-electron chi connectivity index (χ2n) is 5.61. The Bertz CT molecular complexity index is 729. The molecule has 1 aromatic carbocycles. The Morgan fingerprint density at radius 1 is 0.786 bits per heavy atom. The van der Waals surface area contributed by atoms with Crippen LogP contribution in [0.3, 0.4) is 0 Å². The Hall–Kier alpha value is -2.32. The van der Waals surface area contributed by atoms with Crippen molar-refractivity contribution in [3.05, 3.63) is 47.5 Å². The predicted octanol–water partition coefficient (Wildman–Crippen LogP) is 6.68. The topological polar surface area (TPSA) is 23.8 Å². The Morgan fingerprint density at radius 3 is 1.46 bits per heavy atom. The molecule has 1 aromatic rings. The van der Waals surface area contributed by atoms with E-state index in [-0.39, 0.29) is 0 Å². The van der Waals surface area contributed by atoms with Crippen LogP contribution >= 0.6 is 0 Å². The van der Waals surface area contributed by atoms with Gasteiger partial charge in [-0.05, 0) is 12.0 Å². The maximum absolute atomic E-state index is 14.7. The number of nitrogens with zero attached hydrogens (tertiary/aromatic N) is 1. The fraction of sp³-hybridized carbons (Fsp3) is 0.438. The van der Waals surface area contributed by atoms with Crippen LogP contribution in [0.25, 0.3) is 0 Å². The summed E-state index contributed by atoms with van der Waals surface area (Å²) in [5, 5.41) is 9.19. The van der Waals surface area contributed by atoms with Crippen LogP contribution in [0, 0.1) is 16.7 Å². The van der Waals surface area contributed by atoms with Gasteiger partial charge in [0.25, 0.3) is 0 Å². The van der Waals surface area contributed by atoms with Gasteiger partial charge in [-0.3, -0.25) is 0 Å². The minimum Gasteiger partial charge on any atom is -0.207 e. The quantitative estimate of drug-likeness (QED) is 0.494. The number of hydrogen-bond donors (Lipinski definition) is 0. The number of alkyl halides is 9. The zero-order chi connectivity index (χ0) is 22.2. The molecule has 0 spiro atoms. The third-order valence-electron chi connectivity index (χ3n) is 4.16. The number of allylic oxidation sites excluding steroid dienone is 2. The number of hydrogen-bond acceptors (Lipinski definition) is 1. The second kappa shape index (κ2) is 7.25. The maximum atomic E-state index is 14.7. The Morgan fingerprint density at radius 2 is 1.18 bits per heavy atom. The highest BCUT2D eigenvalue weighted by Gasteiger charge is 2.87. The molecule has 0 fully saturated rings. The summed E-state index contributed by atoms with van der Waals surface area (Å²) in [6.07, 6.45) is -23.0. The van der Waals surface area contributed by atoms with Crippen molar-refractivity contribution in [1.29, 1.82) is 5.26 Å². The van der Waals surface area contributed by atoms with E-state index in [4.69, 9.17) is 0 Å². The summed E-state index contributed by atoms with van der Waals surface area (Å²) in [7, 11) is 0. The summed E-state index contributed by atoms with van der Waals surface area (Å²) in [6, 6.07) is 6.18. The summed E-state index contributed by atoms with van der Waals surface area (Å²) in [5.41, 5.74) is -10.9. The van der Waals surface area contributed by atoms with Crippen LogP contribution in [0.15, 0.2) is 42.0 Å². The number of nitriles is 1. The lowest BCUT2D eigenvalue weighted by atomic mass is 9.74. The average Bonchev–Trinajstić information content (AvgIpc) is 2.53. The standard InChI is InChI=1S/C16H10F11N/c1-2-12(8-28,9-6-4-3-5-7-9)10(17)11(18)13(14(19,20)21,15(22,23)24)16(25,26)27/h3-7H,2H2,1H3/b11-10+. The van der Waals surface area contributed by atoms with Gasteiger partial charge in [0.05, 0.1) is 6.07 Å². The summed E-state index contributed by atoms with van der Waals surface area (Å²) in [6.45, 7) is 0.888. The monoisotopic (exact) mass is 425 g/mol. The van der Waals surface area contributed by atoms with Gasteiger partial charge in [0.2, 0.25) is 0 Å². The van der Waals surface area contributed by atoms with Crippen molar-refractivity contribution in [2.75, 3.05) is 0 Å². The predicted molar refractivity (Wildman–Crippen MR) is 73.9 cm³/mol. The molecule has 0 radical (unpaired) electrons. The molecule has 156 valence electrons. The van der Waals surface area contributed by atoms with Gasteiger partial charge in [0.1, 0.15) is 5.41 Å². The second-order valence-corrected chi connectivity index (χ2v) is 5.61. The van der Waals surface area contributed by atoms with Gasteiger partial charge in [-0.15, -0.1) is 0 Å². The van der Waals surface area contributed by atoms with Crippen LogP contribution in [0.2, 0.25) is 0 Å². The number of halogens is 11. The van der Waals surface area contributed by atoms with Crippen LogP contribution < -0.4 is 0 Å². The van der Waals surface area contributed by atoms with E-state index >= 15 is 0 Å². The Kier molecular flexibility index (Phi) is 6.14. The van der Waals surface area contributed by atoms with E-state index in [9.17, 15) is 53.6 Å². The number of benzene rings is 1. The van der Waals surface area contributed by atoms with E-state index in [1.54, 1.807) is 0 Å². The average molecular weight is 425 g/mol. The molecule has 0 bridgehead atoms. The van der Waals surface area contributed by atoms with E-state index in [1.807, 2.05) is 0 Å². The van der Waals surface area contributed by atoms with Crippen molar-refractivity contribution in [2.45, 2.75) is 37.3 Å². The molecule has 0 aliphatic rings. The molecule has 12 heteroatoms. The lowest BCUT2D eigenvalue weighted by molar-refractivity contribution is -0.416. The van der Waals surface area contributed by atoms with E-state index < -0.39 is 53.0 Å². The van der Waals surface area contributed by atoms with E-state index in [2.05, 4.69) is 0 Å². The van der Waals surface area contributed by atoms with Gasteiger partial charge in [0.15, 0.2) is 11.7 Å². The van der Waals surface area contributed by atoms with Gasteiger partial charge in [-0.2, -0.15) is 44.8 Å². The summed E-state index contributed by atoms with van der Waals surface area (Å²) >= 11 is 0. The minimum absolute atomic E-state index is 0.618. The SMILES string of the molecule is CCC(C#N)(/C(F)=C(\F)C(C(F)(F)F)(C(F)(F)F)C(F)(F)F)c1ccccc1. The Labute approximate surface area is 151 Å². The van der Waals surface area contributed by atoms with Crippen molar-refractivity contribution < 1.29 is 48.3 Å². The molecule has 0 aliphatic carbocycles. The highest BCUT2D eigenvalue weighted by molar-refractivity contribution is 5.43. The van der Waals surface area contributed by atoms with Crippen molar-refractivity contribution in [3.8, 4) is 6.07 Å². The molecule has 28 heavy (non-hydrogen) atoms. The van der Waals surface area contributed by atoms with Crippen molar-refractivity contribution >= 4 is 0 Å². The molecule has 1 unspecified atom stereocenters. The molecule has 0 heterocycles. The molecule has 1 atom stereocenters. The van der Waals surface area contributed by atoms with Gasteiger partial charge in [0, 0.05) is 0 Å². The van der Waals surface area contributed by atoms with Crippen LogP contribution in [-0.2, 0) is 5.41 Å². The van der Waals surface area contributed by atoms with E-state index in [1.165, 1.54) is 6.07 Å². The largest absolute Gasteiger partial charge is 0.418 e. The van der Waals surface area contributed by atoms with Crippen LogP contribution in [0.4, 0.5) is 48.3 Å². The van der Waals surface area contributed by atoms with Gasteiger partial charge < -0.3 is 0 Å². The molecule has 1 nitrogen and oxygen atoms in total. The Balaban J connectivity index is 4.09. The van der Waals surface area contributed by atoms with E-state index in [0.717, 1.165) is 37.3 Å². The maximum Gasteiger partial charge on any atom is 0.418 e. The third-order valence-corrected chi connectivity index (χ3v) is 4.16. The zero-order valence-corrected chi connectivity index (χ0v) is 13.7. The summed E-state index contributed by atoms with van der Waals surface area (Å²) < 4.78 is 146. The lowest BCUT2D eigenvalue weighted by Gasteiger charge is -2.38. The molecule has 0 amide bonds. The van der Waals surface area contributed by atoms with Crippen LogP contribution in [0.1, 0.15) is 18.9 Å². The highest BCUT2D eigenvalue weighted by atomic mass is 19.4. The molecule has 0 saturated carbocycles. The van der Waals surface area contributed by atoms with Crippen LogP contribution in [-0.4, -0.2) is 18.5 Å². The molecule has 0 aromatic heterocycles. The molecular formula is C16H10F11N. The first-order valence-corrected chi connectivity index (χ1v) is 7.27. The smallest absolute Gasteiger partial charge is 0.207 e. The fourth-order valence-corrected chi connectivity index (χ4v) is 2.61. The first-order chi connectivity index (χ1) is 12.5. The first-order valence-electron chi connectivity index (χ1n) is 7.27. The van der Waals surface area contributed by atoms with Crippen molar-refractivity contribution in [1.82, 2.24) is 0 Å². The molecule has 0 N–H and O–H groups in total. The van der Waals surface area contributed by atoms with Gasteiger partial charge in [-0.25, -0.2) is 8.78 Å². The number of rotatable bonds is 4. The molecular weight excluding hydrogens is 415 g/mol. The molecule has 0 saturated heterocycles. The van der Waals surface area contributed by atoms with Gasteiger partial charge in [-0.1, -0.05) is 37.3 Å². The van der Waals surface area contributed by atoms with Crippen molar-refractivity contribution in [2.24, 2.45) is 5.41 Å².